The van der Waals surface area contributed by atoms with E-state index in [0.29, 0.717) is 0 Å². The van der Waals surface area contributed by atoms with Crippen molar-refractivity contribution in [2.45, 2.75) is 0 Å². The van der Waals surface area contributed by atoms with Crippen LogP contribution in [-0.4, -0.2) is 7.05 Å². The third kappa shape index (κ3) is 9.24. The Kier molecular flexibility index (Phi) is 92.8. The molecule has 0 aromatic heterocycles. The van der Waals surface area contributed by atoms with Gasteiger partial charge in [0.25, 0.3) is 0 Å². The van der Waals surface area contributed by atoms with Gasteiger partial charge in [-0.05, 0) is 0 Å². The fourth-order valence-electron chi connectivity index (χ4n) is 0. The van der Waals surface area contributed by atoms with E-state index >= 15 is 0 Å². The molecule has 1 N–H and O–H groups in total. The van der Waals surface area contributed by atoms with Gasteiger partial charge in [0.05, 0.1) is 0 Å². The predicted molar refractivity (Wildman–Crippen MR) is 16.7 cm³/mol. The molecule has 0 bridgehead atoms. The van der Waals surface area contributed by atoms with Crippen molar-refractivity contribution in [2.24, 2.45) is 0 Å². The average molecular weight is 131 g/mol. The van der Waals surface area contributed by atoms with Gasteiger partial charge in [0.2, 0.25) is 0 Å². The van der Waals surface area contributed by atoms with Crippen LogP contribution in [0.4, 0.5) is 0 Å². The molecule has 0 amide bonds. The van der Waals surface area contributed by atoms with Crippen LogP contribution in [0.3, 0.4) is 0 Å². The van der Waals surface area contributed by atoms with Gasteiger partial charge < -0.3 is 13.2 Å². The van der Waals surface area contributed by atoms with Crippen molar-refractivity contribution in [1.82, 2.24) is 0 Å². The maximum atomic E-state index is 5.75. The van der Waals surface area contributed by atoms with Crippen LogP contribution in [0.25, 0.3) is 5.73 Å². The molecule has 0 radical (unpaired) electrons. The van der Waals surface area contributed by atoms with Crippen LogP contribution in [-0.2, 0) is 0 Å². The monoisotopic (exact) mass is 130 g/mol. The fourth-order valence-corrected chi connectivity index (χ4v) is 0. The van der Waals surface area contributed by atoms with Crippen molar-refractivity contribution in [3.05, 3.63) is 13.2 Å². The van der Waals surface area contributed by atoms with Crippen molar-refractivity contribution in [3.8, 4) is 0 Å². The second-order valence-corrected chi connectivity index (χ2v) is 0. The minimum absolute atomic E-state index is 0. The topological polar surface area (TPSA) is 23.8 Å². The van der Waals surface area contributed by atoms with Crippen LogP contribution in [0.15, 0.2) is 0 Å². The second kappa shape index (κ2) is 21.7. The van der Waals surface area contributed by atoms with Gasteiger partial charge in [-0.15, -0.1) is 0 Å². The zero-order chi connectivity index (χ0) is 2.00. The molecule has 0 aromatic rings. The predicted octanol–water partition coefficient (Wildman–Crippen LogP) is -1.88. The number of rotatable bonds is 0. The average Bonchev–Trinajstić information content (AvgIpc) is 1.00. The Morgan fingerprint density at radius 3 is 1.25 bits per heavy atom. The summed E-state index contributed by atoms with van der Waals surface area (Å²) < 4.78 is 0. The molecule has 0 aliphatic carbocycles. The zero-order valence-corrected chi connectivity index (χ0v) is 8.42. The van der Waals surface area contributed by atoms with Gasteiger partial charge in [0.1, 0.15) is 0 Å². The first-order chi connectivity index (χ1) is 1.00. The molecule has 0 fully saturated rings. The van der Waals surface area contributed by atoms with Gasteiger partial charge in [0.15, 0.2) is 0 Å². The molecule has 0 rings (SSSR count). The Bertz CT molecular complexity index is 6.00. The molecule has 2 heteroatoms. The molecule has 0 aliphatic heterocycles. The van der Waals surface area contributed by atoms with Crippen LogP contribution in [0.2, 0.25) is 0 Å². The van der Waals surface area contributed by atoms with Gasteiger partial charge in [0, 0.05) is 0 Å². The smallest absolute Gasteiger partial charge is 0.680 e. The van der Waals surface area contributed by atoms with E-state index in [4.69, 9.17) is 5.73 Å². The van der Waals surface area contributed by atoms with Crippen LogP contribution >= 0.6 is 0 Å². The van der Waals surface area contributed by atoms with Crippen LogP contribution in [0.5, 0.6) is 0 Å². The summed E-state index contributed by atoms with van der Waals surface area (Å²) in [6.45, 7) is 0. The van der Waals surface area contributed by atoms with Crippen LogP contribution in [0, 0.1) is 7.43 Å². The second-order valence-electron chi connectivity index (χ2n) is 0. The van der Waals surface area contributed by atoms with E-state index in [1.165, 1.54) is 7.05 Å². The molecule has 0 atom stereocenters. The summed E-state index contributed by atoms with van der Waals surface area (Å²) in [6.07, 6.45) is 0. The molecular formula is C2H7NRb-. The first kappa shape index (κ1) is 17.1. The Hall–Kier alpha value is 1.77. The summed E-state index contributed by atoms with van der Waals surface area (Å²) in [7, 11) is 1.25. The Morgan fingerprint density at radius 2 is 1.25 bits per heavy atom. The van der Waals surface area contributed by atoms with Gasteiger partial charge in [-0.3, -0.25) is 0 Å². The summed E-state index contributed by atoms with van der Waals surface area (Å²) in [4.78, 5) is 0. The van der Waals surface area contributed by atoms with Crippen molar-refractivity contribution in [2.75, 3.05) is 7.05 Å². The largest absolute Gasteiger partial charge is 1.00 e. The van der Waals surface area contributed by atoms with E-state index in [0.717, 1.165) is 0 Å². The summed E-state index contributed by atoms with van der Waals surface area (Å²) in [6, 6.07) is 0. The fraction of sp³-hybridized carbons (Fsp3) is 0.500. The molecule has 0 spiro atoms. The standard InChI is InChI=1S/CH4N.CH3.Rb/c1-2;;/h2H,1H3;1H3;/q2*-1;+1. The van der Waals surface area contributed by atoms with Gasteiger partial charge >= 0.3 is 58.2 Å². The van der Waals surface area contributed by atoms with Crippen molar-refractivity contribution >= 4 is 0 Å². The molecule has 0 unspecified atom stereocenters. The summed E-state index contributed by atoms with van der Waals surface area (Å²) in [5, 5.41) is 0. The van der Waals surface area contributed by atoms with Crippen molar-refractivity contribution in [1.29, 1.82) is 0 Å². The SMILES string of the molecule is C[NH-].[CH3-].[Rb+]. The van der Waals surface area contributed by atoms with E-state index in [2.05, 4.69) is 0 Å². The molecule has 0 saturated heterocycles. The molecule has 4 heavy (non-hydrogen) atoms. The molecule has 1 nitrogen and oxygen atoms in total. The Morgan fingerprint density at radius 1 is 1.25 bits per heavy atom. The zero-order valence-electron chi connectivity index (χ0n) is 3.50. The summed E-state index contributed by atoms with van der Waals surface area (Å²) in [5.41, 5.74) is 5.75. The molecular weight excluding hydrogens is 123 g/mol. The number of nitrogens with one attached hydrogen (secondary N) is 1. The molecule has 0 saturated carbocycles. The van der Waals surface area contributed by atoms with E-state index in [1.807, 2.05) is 0 Å². The van der Waals surface area contributed by atoms with Crippen molar-refractivity contribution in [3.63, 3.8) is 0 Å². The summed E-state index contributed by atoms with van der Waals surface area (Å²) >= 11 is 0. The Balaban J connectivity index is -0.00000000500. The van der Waals surface area contributed by atoms with Gasteiger partial charge in [-0.25, -0.2) is 0 Å². The van der Waals surface area contributed by atoms with Crippen molar-refractivity contribution < 1.29 is 58.2 Å². The first-order valence-corrected chi connectivity index (χ1v) is 0.500. The first-order valence-electron chi connectivity index (χ1n) is 0.500. The minimum Gasteiger partial charge on any atom is -0.680 e. The Labute approximate surface area is 76.7 Å². The summed E-state index contributed by atoms with van der Waals surface area (Å²) in [5.74, 6) is 0. The van der Waals surface area contributed by atoms with E-state index in [1.54, 1.807) is 0 Å². The minimum atomic E-state index is 0. The molecule has 0 aromatic carbocycles. The van der Waals surface area contributed by atoms with E-state index in [9.17, 15) is 0 Å². The molecule has 0 aliphatic rings. The number of hydrogen-bond acceptors (Lipinski definition) is 0. The maximum Gasteiger partial charge on any atom is 1.00 e. The normalized spacial score (nSPS) is 1.50. The maximum absolute atomic E-state index is 5.75. The van der Waals surface area contributed by atoms with Gasteiger partial charge in [-0.1, -0.05) is 0 Å². The third-order valence-corrected chi connectivity index (χ3v) is 0. The molecule has 22 valence electrons. The van der Waals surface area contributed by atoms with E-state index < -0.39 is 0 Å². The van der Waals surface area contributed by atoms with Crippen LogP contribution < -0.4 is 58.2 Å². The molecule has 0 heterocycles. The van der Waals surface area contributed by atoms with E-state index in [-0.39, 0.29) is 65.6 Å². The van der Waals surface area contributed by atoms with Gasteiger partial charge in [-0.2, -0.15) is 7.05 Å². The third-order valence-electron chi connectivity index (χ3n) is 0. The quantitative estimate of drug-likeness (QED) is 0.343. The number of hydrogen-bond donors (Lipinski definition) is 0. The van der Waals surface area contributed by atoms with Crippen LogP contribution in [0.1, 0.15) is 0 Å².